The van der Waals surface area contributed by atoms with Crippen LogP contribution in [0.25, 0.3) is 0 Å². The molecule has 0 aliphatic rings. The fourth-order valence-electron chi connectivity index (χ4n) is 1.79. The first-order valence-electron chi connectivity index (χ1n) is 7.09. The SMILES string of the molecule is CC[C@@H](C)Oc1ccc([C@H](C)N[C@@H](C)CC)cc1. The predicted octanol–water partition coefficient (Wildman–Crippen LogP) is 4.31. The van der Waals surface area contributed by atoms with Crippen LogP contribution in [-0.2, 0) is 0 Å². The van der Waals surface area contributed by atoms with E-state index in [-0.39, 0.29) is 6.10 Å². The van der Waals surface area contributed by atoms with Gasteiger partial charge in [0.15, 0.2) is 0 Å². The Morgan fingerprint density at radius 2 is 1.61 bits per heavy atom. The second-order valence-corrected chi connectivity index (χ2v) is 5.10. The summed E-state index contributed by atoms with van der Waals surface area (Å²) in [5, 5.41) is 3.58. The van der Waals surface area contributed by atoms with Crippen molar-refractivity contribution in [2.45, 2.75) is 65.6 Å². The van der Waals surface area contributed by atoms with Crippen LogP contribution in [0.4, 0.5) is 0 Å². The molecular formula is C16H27NO. The Bertz CT molecular complexity index is 333. The number of hydrogen-bond acceptors (Lipinski definition) is 2. The molecule has 0 saturated heterocycles. The third kappa shape index (κ3) is 4.69. The maximum atomic E-state index is 5.78. The van der Waals surface area contributed by atoms with Crippen LogP contribution in [-0.4, -0.2) is 12.1 Å². The molecule has 2 nitrogen and oxygen atoms in total. The highest BCUT2D eigenvalue weighted by Gasteiger charge is 2.08. The van der Waals surface area contributed by atoms with Gasteiger partial charge in [-0.25, -0.2) is 0 Å². The van der Waals surface area contributed by atoms with Crippen molar-refractivity contribution in [3.63, 3.8) is 0 Å². The minimum absolute atomic E-state index is 0.284. The highest BCUT2D eigenvalue weighted by atomic mass is 16.5. The molecule has 3 atom stereocenters. The lowest BCUT2D eigenvalue weighted by Crippen LogP contribution is -2.28. The van der Waals surface area contributed by atoms with E-state index in [0.29, 0.717) is 12.1 Å². The molecule has 1 rings (SSSR count). The summed E-state index contributed by atoms with van der Waals surface area (Å²) in [5.41, 5.74) is 1.31. The average molecular weight is 249 g/mol. The first-order valence-corrected chi connectivity index (χ1v) is 7.09. The topological polar surface area (TPSA) is 21.3 Å². The molecule has 0 heterocycles. The van der Waals surface area contributed by atoms with Crippen molar-refractivity contribution in [3.05, 3.63) is 29.8 Å². The van der Waals surface area contributed by atoms with E-state index < -0.39 is 0 Å². The van der Waals surface area contributed by atoms with Gasteiger partial charge in [-0.3, -0.25) is 0 Å². The maximum Gasteiger partial charge on any atom is 0.119 e. The van der Waals surface area contributed by atoms with Crippen LogP contribution in [0.3, 0.4) is 0 Å². The third-order valence-electron chi connectivity index (χ3n) is 3.44. The lowest BCUT2D eigenvalue weighted by molar-refractivity contribution is 0.217. The standard InChI is InChI=1S/C16H27NO/c1-6-12(3)17-14(5)15-8-10-16(11-9-15)18-13(4)7-2/h8-14,17H,6-7H2,1-5H3/t12-,13+,14-/m0/s1. The summed E-state index contributed by atoms with van der Waals surface area (Å²) in [6.45, 7) is 10.9. The van der Waals surface area contributed by atoms with Gasteiger partial charge in [0, 0.05) is 12.1 Å². The van der Waals surface area contributed by atoms with Gasteiger partial charge in [0.1, 0.15) is 5.75 Å². The minimum atomic E-state index is 0.284. The summed E-state index contributed by atoms with van der Waals surface area (Å²) in [4.78, 5) is 0. The smallest absolute Gasteiger partial charge is 0.119 e. The van der Waals surface area contributed by atoms with E-state index in [1.165, 1.54) is 5.56 Å². The first-order chi connectivity index (χ1) is 8.56. The monoisotopic (exact) mass is 249 g/mol. The van der Waals surface area contributed by atoms with E-state index in [2.05, 4.69) is 64.2 Å². The molecule has 0 unspecified atom stereocenters. The molecule has 18 heavy (non-hydrogen) atoms. The molecule has 0 fully saturated rings. The lowest BCUT2D eigenvalue weighted by Gasteiger charge is -2.20. The highest BCUT2D eigenvalue weighted by Crippen LogP contribution is 2.19. The molecule has 1 N–H and O–H groups in total. The van der Waals surface area contributed by atoms with Gasteiger partial charge < -0.3 is 10.1 Å². The second-order valence-electron chi connectivity index (χ2n) is 5.10. The number of hydrogen-bond donors (Lipinski definition) is 1. The molecule has 0 aliphatic heterocycles. The first kappa shape index (κ1) is 15.0. The molecule has 0 bridgehead atoms. The molecular weight excluding hydrogens is 222 g/mol. The van der Waals surface area contributed by atoms with Gasteiger partial charge >= 0.3 is 0 Å². The molecule has 0 radical (unpaired) electrons. The maximum absolute atomic E-state index is 5.78. The number of nitrogens with one attached hydrogen (secondary N) is 1. The van der Waals surface area contributed by atoms with Crippen LogP contribution in [0.1, 0.15) is 59.1 Å². The fourth-order valence-corrected chi connectivity index (χ4v) is 1.79. The zero-order chi connectivity index (χ0) is 13.5. The minimum Gasteiger partial charge on any atom is -0.491 e. The normalized spacial score (nSPS) is 16.1. The summed E-state index contributed by atoms with van der Waals surface area (Å²) >= 11 is 0. The van der Waals surface area contributed by atoms with Crippen LogP contribution < -0.4 is 10.1 Å². The van der Waals surface area contributed by atoms with Crippen molar-refractivity contribution in [2.24, 2.45) is 0 Å². The zero-order valence-corrected chi connectivity index (χ0v) is 12.4. The average Bonchev–Trinajstić information content (AvgIpc) is 2.39. The van der Waals surface area contributed by atoms with Crippen molar-refractivity contribution < 1.29 is 4.74 Å². The van der Waals surface area contributed by atoms with Crippen molar-refractivity contribution in [1.29, 1.82) is 0 Å². The summed E-state index contributed by atoms with van der Waals surface area (Å²) in [6.07, 6.45) is 2.47. The van der Waals surface area contributed by atoms with E-state index in [0.717, 1.165) is 18.6 Å². The van der Waals surface area contributed by atoms with Gasteiger partial charge in [-0.15, -0.1) is 0 Å². The largest absolute Gasteiger partial charge is 0.491 e. The second kappa shape index (κ2) is 7.42. The Labute approximate surface area is 112 Å². The van der Waals surface area contributed by atoms with Crippen LogP contribution in [0.2, 0.25) is 0 Å². The number of rotatable bonds is 7. The Morgan fingerprint density at radius 3 is 2.11 bits per heavy atom. The molecule has 0 amide bonds. The van der Waals surface area contributed by atoms with Gasteiger partial charge in [0.05, 0.1) is 6.10 Å². The van der Waals surface area contributed by atoms with Crippen molar-refractivity contribution in [2.75, 3.05) is 0 Å². The highest BCUT2D eigenvalue weighted by molar-refractivity contribution is 5.29. The van der Waals surface area contributed by atoms with Crippen LogP contribution >= 0.6 is 0 Å². The van der Waals surface area contributed by atoms with Crippen molar-refractivity contribution >= 4 is 0 Å². The summed E-state index contributed by atoms with van der Waals surface area (Å²) in [6, 6.07) is 9.37. The van der Waals surface area contributed by atoms with E-state index >= 15 is 0 Å². The van der Waals surface area contributed by atoms with Crippen LogP contribution in [0, 0.1) is 0 Å². The number of benzene rings is 1. The summed E-state index contributed by atoms with van der Waals surface area (Å²) in [7, 11) is 0. The van der Waals surface area contributed by atoms with Crippen LogP contribution in [0.5, 0.6) is 5.75 Å². The van der Waals surface area contributed by atoms with Crippen LogP contribution in [0.15, 0.2) is 24.3 Å². The summed E-state index contributed by atoms with van der Waals surface area (Å²) in [5.74, 6) is 0.962. The Balaban J connectivity index is 2.59. The van der Waals surface area contributed by atoms with E-state index in [1.54, 1.807) is 0 Å². The Kier molecular flexibility index (Phi) is 6.20. The lowest BCUT2D eigenvalue weighted by atomic mass is 10.1. The fraction of sp³-hybridized carbons (Fsp3) is 0.625. The Morgan fingerprint density at radius 1 is 1.00 bits per heavy atom. The number of ether oxygens (including phenoxy) is 1. The van der Waals surface area contributed by atoms with Crippen molar-refractivity contribution in [1.82, 2.24) is 5.32 Å². The van der Waals surface area contributed by atoms with E-state index in [1.807, 2.05) is 0 Å². The molecule has 0 spiro atoms. The predicted molar refractivity (Wildman–Crippen MR) is 78.1 cm³/mol. The zero-order valence-electron chi connectivity index (χ0n) is 12.4. The molecule has 1 aromatic rings. The van der Waals surface area contributed by atoms with Gasteiger partial charge in [0.25, 0.3) is 0 Å². The van der Waals surface area contributed by atoms with E-state index in [9.17, 15) is 0 Å². The molecule has 0 aromatic heterocycles. The third-order valence-corrected chi connectivity index (χ3v) is 3.44. The molecule has 0 aliphatic carbocycles. The molecule has 1 aromatic carbocycles. The Hall–Kier alpha value is -1.02. The van der Waals surface area contributed by atoms with Gasteiger partial charge in [0.2, 0.25) is 0 Å². The molecule has 102 valence electrons. The quantitative estimate of drug-likeness (QED) is 0.777. The van der Waals surface area contributed by atoms with E-state index in [4.69, 9.17) is 4.74 Å². The van der Waals surface area contributed by atoms with Gasteiger partial charge in [-0.1, -0.05) is 26.0 Å². The van der Waals surface area contributed by atoms with Crippen molar-refractivity contribution in [3.8, 4) is 5.75 Å². The van der Waals surface area contributed by atoms with Gasteiger partial charge in [-0.2, -0.15) is 0 Å². The summed E-state index contributed by atoms with van der Waals surface area (Å²) < 4.78 is 5.78. The van der Waals surface area contributed by atoms with Gasteiger partial charge in [-0.05, 0) is 51.3 Å². The molecule has 2 heteroatoms. The molecule has 0 saturated carbocycles.